The molecule has 0 radical (unpaired) electrons. The maximum absolute atomic E-state index is 8.52. The zero-order valence-corrected chi connectivity index (χ0v) is 5.68. The van der Waals surface area contributed by atoms with Gasteiger partial charge in [0.15, 0.2) is 0 Å². The van der Waals surface area contributed by atoms with Crippen LogP contribution in [0.3, 0.4) is 0 Å². The summed E-state index contributed by atoms with van der Waals surface area (Å²) in [6, 6.07) is 2.20. The quantitative estimate of drug-likeness (QED) is 0.478. The lowest BCUT2D eigenvalue weighted by Crippen LogP contribution is -1.87. The van der Waals surface area contributed by atoms with Crippen LogP contribution in [0.15, 0.2) is 23.3 Å². The standard InChI is InChI=1S/C8H9N/c1-6-3-7(2)8(4-6)5-9/h3-4,8H,1-2H3. The molecule has 0 aromatic rings. The summed E-state index contributed by atoms with van der Waals surface area (Å²) in [5.74, 6) is 0.0463. The molecule has 0 saturated carbocycles. The van der Waals surface area contributed by atoms with Gasteiger partial charge in [0.2, 0.25) is 0 Å². The van der Waals surface area contributed by atoms with E-state index in [1.807, 2.05) is 26.0 Å². The minimum absolute atomic E-state index is 0.0463. The molecule has 0 heterocycles. The average Bonchev–Trinajstić information content (AvgIpc) is 2.10. The third kappa shape index (κ3) is 1.02. The second-order valence-corrected chi connectivity index (χ2v) is 2.41. The monoisotopic (exact) mass is 119 g/mol. The van der Waals surface area contributed by atoms with Crippen molar-refractivity contribution in [2.45, 2.75) is 13.8 Å². The van der Waals surface area contributed by atoms with E-state index < -0.39 is 0 Å². The summed E-state index contributed by atoms with van der Waals surface area (Å²) in [5, 5.41) is 8.52. The Balaban J connectivity index is 2.85. The zero-order valence-electron chi connectivity index (χ0n) is 5.68. The predicted molar refractivity (Wildman–Crippen MR) is 36.6 cm³/mol. The van der Waals surface area contributed by atoms with Crippen LogP contribution in [0, 0.1) is 17.2 Å². The van der Waals surface area contributed by atoms with E-state index in [2.05, 4.69) is 6.07 Å². The van der Waals surface area contributed by atoms with Gasteiger partial charge in [0, 0.05) is 0 Å². The van der Waals surface area contributed by atoms with Crippen LogP contribution in [0.2, 0.25) is 0 Å². The summed E-state index contributed by atoms with van der Waals surface area (Å²) in [7, 11) is 0. The fourth-order valence-electron chi connectivity index (χ4n) is 1.03. The average molecular weight is 119 g/mol. The van der Waals surface area contributed by atoms with Gasteiger partial charge in [0.05, 0.1) is 12.0 Å². The lowest BCUT2D eigenvalue weighted by atomic mass is 10.1. The molecule has 0 aromatic carbocycles. The van der Waals surface area contributed by atoms with Crippen molar-refractivity contribution in [2.24, 2.45) is 5.92 Å². The van der Waals surface area contributed by atoms with Gasteiger partial charge in [-0.05, 0) is 13.8 Å². The van der Waals surface area contributed by atoms with Crippen LogP contribution in [-0.4, -0.2) is 0 Å². The van der Waals surface area contributed by atoms with Gasteiger partial charge in [-0.1, -0.05) is 23.3 Å². The van der Waals surface area contributed by atoms with Gasteiger partial charge in [0.25, 0.3) is 0 Å². The molecule has 1 aliphatic carbocycles. The van der Waals surface area contributed by atoms with Crippen molar-refractivity contribution < 1.29 is 0 Å². The van der Waals surface area contributed by atoms with Crippen LogP contribution < -0.4 is 0 Å². The summed E-state index contributed by atoms with van der Waals surface area (Å²) >= 11 is 0. The lowest BCUT2D eigenvalue weighted by Gasteiger charge is -1.93. The molecule has 0 amide bonds. The molecule has 1 atom stereocenters. The van der Waals surface area contributed by atoms with Crippen molar-refractivity contribution >= 4 is 0 Å². The molecule has 0 bridgehead atoms. The fraction of sp³-hybridized carbons (Fsp3) is 0.375. The van der Waals surface area contributed by atoms with Gasteiger partial charge in [-0.2, -0.15) is 5.26 Å². The number of hydrogen-bond acceptors (Lipinski definition) is 1. The van der Waals surface area contributed by atoms with Crippen molar-refractivity contribution in [2.75, 3.05) is 0 Å². The predicted octanol–water partition coefficient (Wildman–Crippen LogP) is 2.03. The Bertz CT molecular complexity index is 215. The second-order valence-electron chi connectivity index (χ2n) is 2.41. The second kappa shape index (κ2) is 2.06. The minimum Gasteiger partial charge on any atom is -0.197 e. The Hall–Kier alpha value is -1.03. The Morgan fingerprint density at radius 2 is 2.22 bits per heavy atom. The smallest absolute Gasteiger partial charge is 0.0859 e. The van der Waals surface area contributed by atoms with E-state index in [-0.39, 0.29) is 5.92 Å². The highest BCUT2D eigenvalue weighted by atomic mass is 14.3. The summed E-state index contributed by atoms with van der Waals surface area (Å²) in [6.45, 7) is 4.00. The van der Waals surface area contributed by atoms with Crippen LogP contribution in [-0.2, 0) is 0 Å². The van der Waals surface area contributed by atoms with Crippen molar-refractivity contribution in [3.63, 3.8) is 0 Å². The normalized spacial score (nSPS) is 24.8. The third-order valence-electron chi connectivity index (χ3n) is 1.51. The van der Waals surface area contributed by atoms with Gasteiger partial charge in [-0.15, -0.1) is 0 Å². The molecule has 1 aliphatic rings. The number of nitriles is 1. The van der Waals surface area contributed by atoms with E-state index in [9.17, 15) is 0 Å². The SMILES string of the molecule is CC1=CC(C#N)C(C)=C1. The molecule has 1 nitrogen and oxygen atoms in total. The zero-order chi connectivity index (χ0) is 6.85. The summed E-state index contributed by atoms with van der Waals surface area (Å²) in [5.41, 5.74) is 2.37. The molecule has 0 saturated heterocycles. The van der Waals surface area contributed by atoms with Gasteiger partial charge < -0.3 is 0 Å². The molecule has 0 aromatic heterocycles. The van der Waals surface area contributed by atoms with E-state index in [0.29, 0.717) is 0 Å². The van der Waals surface area contributed by atoms with Crippen molar-refractivity contribution in [3.8, 4) is 6.07 Å². The molecular weight excluding hydrogens is 110 g/mol. The maximum atomic E-state index is 8.52. The van der Waals surface area contributed by atoms with E-state index in [1.165, 1.54) is 5.57 Å². The largest absolute Gasteiger partial charge is 0.197 e. The summed E-state index contributed by atoms with van der Waals surface area (Å²) in [4.78, 5) is 0. The van der Waals surface area contributed by atoms with Crippen LogP contribution in [0.1, 0.15) is 13.8 Å². The molecule has 1 heteroatoms. The Labute approximate surface area is 55.3 Å². The van der Waals surface area contributed by atoms with Gasteiger partial charge in [0.1, 0.15) is 0 Å². The first-order valence-electron chi connectivity index (χ1n) is 3.00. The van der Waals surface area contributed by atoms with Gasteiger partial charge in [-0.3, -0.25) is 0 Å². The van der Waals surface area contributed by atoms with E-state index in [4.69, 9.17) is 5.26 Å². The van der Waals surface area contributed by atoms with Gasteiger partial charge in [-0.25, -0.2) is 0 Å². The first-order chi connectivity index (χ1) is 4.24. The first kappa shape index (κ1) is 6.10. The molecule has 46 valence electrons. The Morgan fingerprint density at radius 3 is 2.44 bits per heavy atom. The summed E-state index contributed by atoms with van der Waals surface area (Å²) < 4.78 is 0. The highest BCUT2D eigenvalue weighted by molar-refractivity contribution is 5.37. The Morgan fingerprint density at radius 1 is 1.56 bits per heavy atom. The number of allylic oxidation sites excluding steroid dienone is 4. The molecule has 0 N–H and O–H groups in total. The van der Waals surface area contributed by atoms with Crippen LogP contribution in [0.5, 0.6) is 0 Å². The van der Waals surface area contributed by atoms with Crippen LogP contribution in [0.25, 0.3) is 0 Å². The van der Waals surface area contributed by atoms with Gasteiger partial charge >= 0.3 is 0 Å². The molecular formula is C8H9N. The molecule has 0 aliphatic heterocycles. The molecule has 0 fully saturated rings. The fourth-order valence-corrected chi connectivity index (χ4v) is 1.03. The molecule has 0 spiro atoms. The topological polar surface area (TPSA) is 23.8 Å². The van der Waals surface area contributed by atoms with Crippen molar-refractivity contribution in [1.29, 1.82) is 5.26 Å². The Kier molecular flexibility index (Phi) is 1.40. The lowest BCUT2D eigenvalue weighted by molar-refractivity contribution is 1.00. The highest BCUT2D eigenvalue weighted by Crippen LogP contribution is 2.21. The maximum Gasteiger partial charge on any atom is 0.0859 e. The number of hydrogen-bond donors (Lipinski definition) is 0. The minimum atomic E-state index is 0.0463. The highest BCUT2D eigenvalue weighted by Gasteiger charge is 2.10. The number of nitrogens with zero attached hydrogens (tertiary/aromatic N) is 1. The number of rotatable bonds is 0. The van der Waals surface area contributed by atoms with Crippen LogP contribution in [0.4, 0.5) is 0 Å². The third-order valence-corrected chi connectivity index (χ3v) is 1.51. The molecule has 1 unspecified atom stereocenters. The summed E-state index contributed by atoms with van der Waals surface area (Å²) in [6.07, 6.45) is 4.03. The van der Waals surface area contributed by atoms with E-state index >= 15 is 0 Å². The molecule has 9 heavy (non-hydrogen) atoms. The van der Waals surface area contributed by atoms with E-state index in [0.717, 1.165) is 5.57 Å². The van der Waals surface area contributed by atoms with E-state index in [1.54, 1.807) is 0 Å². The van der Waals surface area contributed by atoms with Crippen molar-refractivity contribution in [1.82, 2.24) is 0 Å². The molecule has 1 rings (SSSR count). The first-order valence-corrected chi connectivity index (χ1v) is 3.00. The van der Waals surface area contributed by atoms with Crippen LogP contribution >= 0.6 is 0 Å². The van der Waals surface area contributed by atoms with Crippen molar-refractivity contribution in [3.05, 3.63) is 23.3 Å².